The highest BCUT2D eigenvalue weighted by Crippen LogP contribution is 2.20. The molecule has 0 unspecified atom stereocenters. The van der Waals surface area contributed by atoms with Crippen molar-refractivity contribution >= 4 is 11.6 Å². The van der Waals surface area contributed by atoms with E-state index in [0.29, 0.717) is 23.3 Å². The average molecular weight is 374 g/mol. The van der Waals surface area contributed by atoms with Crippen LogP contribution in [0.1, 0.15) is 17.3 Å². The Morgan fingerprint density at radius 3 is 2.46 bits per heavy atom. The number of halogens is 1. The van der Waals surface area contributed by atoms with Crippen LogP contribution in [0.15, 0.2) is 39.4 Å². The van der Waals surface area contributed by atoms with E-state index in [9.17, 15) is 0 Å². The molecule has 7 nitrogen and oxygen atoms in total. The standard InChI is InChI=1S/C18H20ClN5O2/c1-13-9-16(21-25-13)11-23-5-7-24(8-6-23)12-17-20-18(22-26-17)14-3-2-4-15(19)10-14/h2-4,9-10H,5-8,11-12H2,1H3. The largest absolute Gasteiger partial charge is 0.361 e. The summed E-state index contributed by atoms with van der Waals surface area (Å²) in [5.41, 5.74) is 1.85. The van der Waals surface area contributed by atoms with Crippen LogP contribution in [0.3, 0.4) is 0 Å². The van der Waals surface area contributed by atoms with Crippen molar-refractivity contribution in [2.45, 2.75) is 20.0 Å². The molecule has 0 aliphatic carbocycles. The van der Waals surface area contributed by atoms with E-state index < -0.39 is 0 Å². The van der Waals surface area contributed by atoms with Gasteiger partial charge in [-0.1, -0.05) is 34.0 Å². The lowest BCUT2D eigenvalue weighted by molar-refractivity contribution is 0.110. The number of nitrogens with zero attached hydrogens (tertiary/aromatic N) is 5. The van der Waals surface area contributed by atoms with Crippen molar-refractivity contribution in [3.8, 4) is 11.4 Å². The maximum atomic E-state index is 6.02. The van der Waals surface area contributed by atoms with Crippen LogP contribution in [-0.4, -0.2) is 51.3 Å². The van der Waals surface area contributed by atoms with Crippen molar-refractivity contribution in [2.75, 3.05) is 26.2 Å². The predicted molar refractivity (Wildman–Crippen MR) is 96.5 cm³/mol. The summed E-state index contributed by atoms with van der Waals surface area (Å²) in [4.78, 5) is 9.18. The Labute approximate surface area is 156 Å². The Morgan fingerprint density at radius 2 is 1.77 bits per heavy atom. The van der Waals surface area contributed by atoms with Crippen molar-refractivity contribution in [3.05, 3.63) is 52.7 Å². The fraction of sp³-hybridized carbons (Fsp3) is 0.389. The second-order valence-corrected chi connectivity index (χ2v) is 6.94. The molecular formula is C18H20ClN5O2. The van der Waals surface area contributed by atoms with Crippen LogP contribution in [0.2, 0.25) is 5.02 Å². The third kappa shape index (κ3) is 4.12. The highest BCUT2D eigenvalue weighted by atomic mass is 35.5. The molecule has 0 saturated carbocycles. The summed E-state index contributed by atoms with van der Waals surface area (Å²) in [6.45, 7) is 7.24. The Morgan fingerprint density at radius 1 is 1.00 bits per heavy atom. The van der Waals surface area contributed by atoms with Gasteiger partial charge in [0.1, 0.15) is 5.76 Å². The summed E-state index contributed by atoms with van der Waals surface area (Å²) in [6, 6.07) is 9.45. The Bertz CT molecular complexity index is 870. The first-order valence-electron chi connectivity index (χ1n) is 8.61. The zero-order chi connectivity index (χ0) is 17.9. The number of hydrogen-bond donors (Lipinski definition) is 0. The molecular weight excluding hydrogens is 354 g/mol. The summed E-state index contributed by atoms with van der Waals surface area (Å²) in [6.07, 6.45) is 0. The van der Waals surface area contributed by atoms with Crippen LogP contribution in [0.25, 0.3) is 11.4 Å². The summed E-state index contributed by atoms with van der Waals surface area (Å²) >= 11 is 6.02. The second-order valence-electron chi connectivity index (χ2n) is 6.50. The molecule has 3 heterocycles. The number of aryl methyl sites for hydroxylation is 1. The minimum Gasteiger partial charge on any atom is -0.361 e. The smallest absolute Gasteiger partial charge is 0.241 e. The van der Waals surface area contributed by atoms with Gasteiger partial charge < -0.3 is 9.05 Å². The van der Waals surface area contributed by atoms with Gasteiger partial charge in [-0.3, -0.25) is 9.80 Å². The van der Waals surface area contributed by atoms with E-state index in [1.807, 2.05) is 37.3 Å². The fourth-order valence-corrected chi connectivity index (χ4v) is 3.27. The lowest BCUT2D eigenvalue weighted by Gasteiger charge is -2.33. The quantitative estimate of drug-likeness (QED) is 0.680. The molecule has 0 radical (unpaired) electrons. The van der Waals surface area contributed by atoms with Gasteiger partial charge in [-0.05, 0) is 19.1 Å². The minimum atomic E-state index is 0.572. The molecule has 26 heavy (non-hydrogen) atoms. The number of benzene rings is 1. The van der Waals surface area contributed by atoms with Crippen molar-refractivity contribution in [1.82, 2.24) is 25.1 Å². The molecule has 0 spiro atoms. The highest BCUT2D eigenvalue weighted by Gasteiger charge is 2.20. The molecule has 1 saturated heterocycles. The first kappa shape index (κ1) is 17.2. The van der Waals surface area contributed by atoms with Crippen molar-refractivity contribution in [1.29, 1.82) is 0 Å². The van der Waals surface area contributed by atoms with Gasteiger partial charge in [0.2, 0.25) is 11.7 Å². The van der Waals surface area contributed by atoms with Crippen LogP contribution >= 0.6 is 11.6 Å². The van der Waals surface area contributed by atoms with E-state index in [1.165, 1.54) is 0 Å². The first-order chi connectivity index (χ1) is 12.7. The van der Waals surface area contributed by atoms with Gasteiger partial charge in [0.15, 0.2) is 0 Å². The van der Waals surface area contributed by atoms with Crippen LogP contribution in [-0.2, 0) is 13.1 Å². The van der Waals surface area contributed by atoms with Crippen LogP contribution in [0, 0.1) is 6.92 Å². The fourth-order valence-electron chi connectivity index (χ4n) is 3.08. The molecule has 1 fully saturated rings. The normalized spacial score (nSPS) is 16.2. The van der Waals surface area contributed by atoms with Gasteiger partial charge in [0.25, 0.3) is 0 Å². The molecule has 3 aromatic rings. The van der Waals surface area contributed by atoms with Crippen LogP contribution < -0.4 is 0 Å². The molecule has 4 rings (SSSR count). The molecule has 0 N–H and O–H groups in total. The van der Waals surface area contributed by atoms with Crippen LogP contribution in [0.5, 0.6) is 0 Å². The van der Waals surface area contributed by atoms with Gasteiger partial charge in [0.05, 0.1) is 12.2 Å². The third-order valence-corrected chi connectivity index (χ3v) is 4.67. The number of aromatic nitrogens is 3. The summed E-state index contributed by atoms with van der Waals surface area (Å²) in [5, 5.41) is 8.79. The van der Waals surface area contributed by atoms with E-state index in [1.54, 1.807) is 0 Å². The molecule has 0 bridgehead atoms. The SMILES string of the molecule is Cc1cc(CN2CCN(Cc3nc(-c4cccc(Cl)c4)no3)CC2)no1. The van der Waals surface area contributed by atoms with E-state index in [4.69, 9.17) is 20.6 Å². The van der Waals surface area contributed by atoms with E-state index >= 15 is 0 Å². The first-order valence-corrected chi connectivity index (χ1v) is 8.99. The van der Waals surface area contributed by atoms with Gasteiger partial charge >= 0.3 is 0 Å². The highest BCUT2D eigenvalue weighted by molar-refractivity contribution is 6.30. The minimum absolute atomic E-state index is 0.572. The molecule has 136 valence electrons. The molecule has 1 aliphatic rings. The van der Waals surface area contributed by atoms with E-state index in [0.717, 1.165) is 49.7 Å². The van der Waals surface area contributed by atoms with Crippen molar-refractivity contribution < 1.29 is 9.05 Å². The van der Waals surface area contributed by atoms with E-state index in [-0.39, 0.29) is 0 Å². The lowest BCUT2D eigenvalue weighted by atomic mass is 10.2. The van der Waals surface area contributed by atoms with Crippen molar-refractivity contribution in [2.24, 2.45) is 0 Å². The predicted octanol–water partition coefficient (Wildman–Crippen LogP) is 3.00. The molecule has 0 amide bonds. The van der Waals surface area contributed by atoms with Gasteiger partial charge in [-0.2, -0.15) is 4.98 Å². The topological polar surface area (TPSA) is 71.4 Å². The molecule has 2 aromatic heterocycles. The maximum absolute atomic E-state index is 6.02. The molecule has 8 heteroatoms. The van der Waals surface area contributed by atoms with Gasteiger partial charge in [-0.25, -0.2) is 0 Å². The van der Waals surface area contributed by atoms with Crippen molar-refractivity contribution in [3.63, 3.8) is 0 Å². The van der Waals surface area contributed by atoms with Gasteiger partial charge in [0, 0.05) is 49.4 Å². The summed E-state index contributed by atoms with van der Waals surface area (Å²) in [7, 11) is 0. The Kier molecular flexibility index (Phi) is 5.01. The Hall–Kier alpha value is -2.22. The average Bonchev–Trinajstić information content (AvgIpc) is 3.26. The second kappa shape index (κ2) is 7.57. The van der Waals surface area contributed by atoms with Crippen LogP contribution in [0.4, 0.5) is 0 Å². The zero-order valence-electron chi connectivity index (χ0n) is 14.6. The maximum Gasteiger partial charge on any atom is 0.241 e. The summed E-state index contributed by atoms with van der Waals surface area (Å²) < 4.78 is 10.5. The third-order valence-electron chi connectivity index (χ3n) is 4.44. The lowest BCUT2D eigenvalue weighted by Crippen LogP contribution is -2.45. The van der Waals surface area contributed by atoms with Gasteiger partial charge in [-0.15, -0.1) is 0 Å². The number of hydrogen-bond acceptors (Lipinski definition) is 7. The molecule has 1 aliphatic heterocycles. The Balaban J connectivity index is 1.30. The zero-order valence-corrected chi connectivity index (χ0v) is 15.3. The molecule has 1 aromatic carbocycles. The monoisotopic (exact) mass is 373 g/mol. The van der Waals surface area contributed by atoms with E-state index in [2.05, 4.69) is 25.1 Å². The molecule has 0 atom stereocenters. The number of piperazine rings is 1. The number of rotatable bonds is 5. The summed E-state index contributed by atoms with van der Waals surface area (Å²) in [5.74, 6) is 2.05.